The third-order valence-corrected chi connectivity index (χ3v) is 3.03. The third-order valence-electron chi connectivity index (χ3n) is 3.03. The Balaban J connectivity index is 3.40. The fourth-order valence-corrected chi connectivity index (χ4v) is 1.82. The maximum absolute atomic E-state index is 4.06. The fraction of sp³-hybridized carbons (Fsp3) is 0.929. The first-order chi connectivity index (χ1) is 7.12. The van der Waals surface area contributed by atoms with E-state index < -0.39 is 0 Å². The van der Waals surface area contributed by atoms with Crippen molar-refractivity contribution < 1.29 is 0 Å². The van der Waals surface area contributed by atoms with Crippen LogP contribution in [0.15, 0.2) is 4.99 Å². The smallest absolute Gasteiger partial charge is 0.0273 e. The van der Waals surface area contributed by atoms with E-state index >= 15 is 0 Å². The summed E-state index contributed by atoms with van der Waals surface area (Å²) in [5, 5.41) is 0. The predicted octanol–water partition coefficient (Wildman–Crippen LogP) is 4.85. The van der Waals surface area contributed by atoms with Crippen molar-refractivity contribution in [1.29, 1.82) is 0 Å². The zero-order chi connectivity index (χ0) is 11.6. The van der Waals surface area contributed by atoms with E-state index in [4.69, 9.17) is 0 Å². The lowest BCUT2D eigenvalue weighted by atomic mass is 9.84. The summed E-state index contributed by atoms with van der Waals surface area (Å²) >= 11 is 0. The van der Waals surface area contributed by atoms with Gasteiger partial charge in [-0.1, -0.05) is 59.3 Å². The molecule has 0 radical (unpaired) electrons. The summed E-state index contributed by atoms with van der Waals surface area (Å²) in [6, 6.07) is 0. The van der Waals surface area contributed by atoms with Gasteiger partial charge < -0.3 is 4.99 Å². The number of aliphatic imine (C=N–C) groups is 1. The van der Waals surface area contributed by atoms with E-state index in [2.05, 4.69) is 32.0 Å². The molecule has 0 aromatic heterocycles. The summed E-state index contributed by atoms with van der Waals surface area (Å²) < 4.78 is 0. The average molecular weight is 211 g/mol. The van der Waals surface area contributed by atoms with Gasteiger partial charge in [-0.15, -0.1) is 0 Å². The fourth-order valence-electron chi connectivity index (χ4n) is 1.82. The number of unbranched alkanes of at least 4 members (excludes halogenated alkanes) is 5. The highest BCUT2D eigenvalue weighted by Gasteiger charge is 2.15. The first-order valence-corrected chi connectivity index (χ1v) is 6.53. The van der Waals surface area contributed by atoms with Crippen LogP contribution >= 0.6 is 0 Å². The lowest BCUT2D eigenvalue weighted by molar-refractivity contribution is 0.334. The molecule has 0 fully saturated rings. The maximum atomic E-state index is 4.06. The zero-order valence-electron chi connectivity index (χ0n) is 11.2. The van der Waals surface area contributed by atoms with Crippen LogP contribution in [-0.4, -0.2) is 13.3 Å². The van der Waals surface area contributed by atoms with Crippen molar-refractivity contribution in [2.24, 2.45) is 10.4 Å². The van der Waals surface area contributed by atoms with Crippen LogP contribution in [0.25, 0.3) is 0 Å². The minimum absolute atomic E-state index is 0.449. The van der Waals surface area contributed by atoms with Crippen LogP contribution in [0, 0.1) is 5.41 Å². The largest absolute Gasteiger partial charge is 0.301 e. The molecule has 0 amide bonds. The quantitative estimate of drug-likeness (QED) is 0.382. The molecule has 0 unspecified atom stereocenters. The first kappa shape index (κ1) is 14.7. The standard InChI is InChI=1S/C14H29N/c1-5-6-7-8-9-10-11-14(2,3)12-13-15-4/h13H,5-12H2,1-4H3/b15-13+. The molecule has 0 aliphatic carbocycles. The topological polar surface area (TPSA) is 12.4 Å². The molecule has 0 N–H and O–H groups in total. The molecule has 0 saturated heterocycles. The number of hydrogen-bond acceptors (Lipinski definition) is 1. The van der Waals surface area contributed by atoms with Crippen LogP contribution in [0.4, 0.5) is 0 Å². The molecule has 1 heteroatoms. The second-order valence-electron chi connectivity index (χ2n) is 5.33. The van der Waals surface area contributed by atoms with Crippen molar-refractivity contribution in [1.82, 2.24) is 0 Å². The van der Waals surface area contributed by atoms with Gasteiger partial charge in [0.05, 0.1) is 0 Å². The molecule has 0 aliphatic rings. The zero-order valence-corrected chi connectivity index (χ0v) is 11.2. The molecule has 0 spiro atoms. The summed E-state index contributed by atoms with van der Waals surface area (Å²) in [6.07, 6.45) is 12.9. The Morgan fingerprint density at radius 3 is 2.20 bits per heavy atom. The highest BCUT2D eigenvalue weighted by Crippen LogP contribution is 2.26. The third kappa shape index (κ3) is 9.96. The van der Waals surface area contributed by atoms with Crippen molar-refractivity contribution in [2.45, 2.75) is 72.1 Å². The molecule has 15 heavy (non-hydrogen) atoms. The Kier molecular flexibility index (Phi) is 8.74. The Bertz CT molecular complexity index is 159. The van der Waals surface area contributed by atoms with E-state index in [0.717, 1.165) is 6.42 Å². The van der Waals surface area contributed by atoms with Gasteiger partial charge in [-0.05, 0) is 24.5 Å². The van der Waals surface area contributed by atoms with Crippen LogP contribution in [0.3, 0.4) is 0 Å². The minimum atomic E-state index is 0.449. The second-order valence-corrected chi connectivity index (χ2v) is 5.33. The van der Waals surface area contributed by atoms with E-state index in [-0.39, 0.29) is 0 Å². The first-order valence-electron chi connectivity index (χ1n) is 6.53. The Morgan fingerprint density at radius 2 is 1.60 bits per heavy atom. The van der Waals surface area contributed by atoms with Crippen molar-refractivity contribution >= 4 is 6.21 Å². The van der Waals surface area contributed by atoms with Gasteiger partial charge in [-0.25, -0.2) is 0 Å². The summed E-state index contributed by atoms with van der Waals surface area (Å²) in [5.74, 6) is 0. The second kappa shape index (κ2) is 8.94. The van der Waals surface area contributed by atoms with E-state index in [9.17, 15) is 0 Å². The molecule has 0 aromatic carbocycles. The summed E-state index contributed by atoms with van der Waals surface area (Å²) in [5.41, 5.74) is 0.449. The molecule has 0 saturated carbocycles. The minimum Gasteiger partial charge on any atom is -0.301 e. The van der Waals surface area contributed by atoms with Crippen LogP contribution in [0.2, 0.25) is 0 Å². The van der Waals surface area contributed by atoms with E-state index in [1.807, 2.05) is 7.05 Å². The van der Waals surface area contributed by atoms with Crippen LogP contribution in [0.1, 0.15) is 72.1 Å². The maximum Gasteiger partial charge on any atom is 0.0273 e. The van der Waals surface area contributed by atoms with Crippen molar-refractivity contribution in [3.63, 3.8) is 0 Å². The molecule has 0 bridgehead atoms. The van der Waals surface area contributed by atoms with Crippen LogP contribution in [0.5, 0.6) is 0 Å². The summed E-state index contributed by atoms with van der Waals surface area (Å²) in [4.78, 5) is 4.06. The van der Waals surface area contributed by atoms with Gasteiger partial charge in [-0.2, -0.15) is 0 Å². The van der Waals surface area contributed by atoms with Crippen molar-refractivity contribution in [2.75, 3.05) is 7.05 Å². The average Bonchev–Trinajstić information content (AvgIpc) is 2.20. The molecule has 0 rings (SSSR count). The van der Waals surface area contributed by atoms with Gasteiger partial charge >= 0.3 is 0 Å². The summed E-state index contributed by atoms with van der Waals surface area (Å²) in [7, 11) is 1.86. The SMILES string of the molecule is CCCCCCCCC(C)(C)C/C=N/C. The van der Waals surface area contributed by atoms with Gasteiger partial charge in [-0.3, -0.25) is 0 Å². The van der Waals surface area contributed by atoms with E-state index in [1.165, 1.54) is 44.9 Å². The van der Waals surface area contributed by atoms with Gasteiger partial charge in [0.1, 0.15) is 0 Å². The molecule has 0 heterocycles. The monoisotopic (exact) mass is 211 g/mol. The van der Waals surface area contributed by atoms with E-state index in [0.29, 0.717) is 5.41 Å². The lowest BCUT2D eigenvalue weighted by Gasteiger charge is -2.22. The Labute approximate surface area is 96.4 Å². The summed E-state index contributed by atoms with van der Waals surface area (Å²) in [6.45, 7) is 6.97. The van der Waals surface area contributed by atoms with Crippen molar-refractivity contribution in [3.8, 4) is 0 Å². The van der Waals surface area contributed by atoms with Crippen molar-refractivity contribution in [3.05, 3.63) is 0 Å². The molecule has 1 nitrogen and oxygen atoms in total. The Hall–Kier alpha value is -0.330. The molecular formula is C14H29N. The number of nitrogens with zero attached hydrogens (tertiary/aromatic N) is 1. The van der Waals surface area contributed by atoms with Gasteiger partial charge in [0.25, 0.3) is 0 Å². The molecular weight excluding hydrogens is 182 g/mol. The van der Waals surface area contributed by atoms with Crippen LogP contribution in [-0.2, 0) is 0 Å². The van der Waals surface area contributed by atoms with Crippen LogP contribution < -0.4 is 0 Å². The van der Waals surface area contributed by atoms with Gasteiger partial charge in [0.15, 0.2) is 0 Å². The highest BCUT2D eigenvalue weighted by molar-refractivity contribution is 5.57. The van der Waals surface area contributed by atoms with E-state index in [1.54, 1.807) is 0 Å². The molecule has 90 valence electrons. The Morgan fingerprint density at radius 1 is 1.00 bits per heavy atom. The highest BCUT2D eigenvalue weighted by atomic mass is 14.6. The van der Waals surface area contributed by atoms with Gasteiger partial charge in [0.2, 0.25) is 0 Å². The lowest BCUT2D eigenvalue weighted by Crippen LogP contribution is -2.11. The predicted molar refractivity (Wildman–Crippen MR) is 70.8 cm³/mol. The molecule has 0 aliphatic heterocycles. The molecule has 0 aromatic rings. The number of hydrogen-bond donors (Lipinski definition) is 0. The molecule has 0 atom stereocenters. The normalized spacial score (nSPS) is 12.5. The van der Waals surface area contributed by atoms with Gasteiger partial charge in [0, 0.05) is 7.05 Å². The number of rotatable bonds is 9.